The molecule has 1 amide bonds. The molecule has 1 aliphatic heterocycles. The monoisotopic (exact) mass is 114 g/mol. The lowest BCUT2D eigenvalue weighted by Gasteiger charge is -1.89. The van der Waals surface area contributed by atoms with Crippen LogP contribution in [0.3, 0.4) is 0 Å². The van der Waals surface area contributed by atoms with Gasteiger partial charge in [0.15, 0.2) is 0 Å². The molecule has 1 rings (SSSR count). The zero-order valence-electron chi connectivity index (χ0n) is 4.59. The van der Waals surface area contributed by atoms with E-state index in [2.05, 4.69) is 10.3 Å². The molecule has 1 fully saturated rings. The minimum Gasteiger partial charge on any atom is -0.270 e. The van der Waals surface area contributed by atoms with Crippen molar-refractivity contribution in [3.05, 3.63) is 0 Å². The van der Waals surface area contributed by atoms with Gasteiger partial charge in [-0.1, -0.05) is 5.48 Å². The van der Waals surface area contributed by atoms with Gasteiger partial charge in [-0.3, -0.25) is 4.79 Å². The maximum atomic E-state index is 10.4. The summed E-state index contributed by atoms with van der Waals surface area (Å²) in [5.74, 6) is -0.123. The fourth-order valence-electron chi connectivity index (χ4n) is 0.606. The zero-order valence-corrected chi connectivity index (χ0v) is 4.59. The average molecular weight is 114 g/mol. The van der Waals surface area contributed by atoms with Crippen molar-refractivity contribution in [1.29, 1.82) is 0 Å². The van der Waals surface area contributed by atoms with E-state index in [0.717, 1.165) is 12.8 Å². The van der Waals surface area contributed by atoms with Crippen LogP contribution in [0.2, 0.25) is 0 Å². The molecule has 3 nitrogen and oxygen atoms in total. The van der Waals surface area contributed by atoms with Gasteiger partial charge in [-0.15, -0.1) is 0 Å². The van der Waals surface area contributed by atoms with E-state index < -0.39 is 0 Å². The molecule has 0 unspecified atom stereocenters. The molecule has 45 valence electrons. The van der Waals surface area contributed by atoms with Crippen LogP contribution in [-0.2, 0) is 9.63 Å². The molecule has 0 aromatic carbocycles. The molecule has 0 bridgehead atoms. The quantitative estimate of drug-likeness (QED) is 0.452. The lowest BCUT2D eigenvalue weighted by molar-refractivity contribution is -0.132. The zero-order chi connectivity index (χ0) is 5.82. The first-order valence-electron chi connectivity index (χ1n) is 2.75. The predicted molar refractivity (Wildman–Crippen MR) is 26.9 cm³/mol. The fraction of sp³-hybridized carbons (Fsp3) is 0.800. The van der Waals surface area contributed by atoms with Gasteiger partial charge in [0.2, 0.25) is 0 Å². The van der Waals surface area contributed by atoms with Crippen molar-refractivity contribution >= 4 is 5.91 Å². The summed E-state index contributed by atoms with van der Waals surface area (Å²) in [6.07, 6.45) is 2.43. The molecule has 1 saturated heterocycles. The van der Waals surface area contributed by atoms with Gasteiger partial charge in [-0.05, 0) is 12.8 Å². The summed E-state index contributed by atoms with van der Waals surface area (Å²) < 4.78 is 0. The number of carbonyl (C=O) groups is 1. The fourth-order valence-corrected chi connectivity index (χ4v) is 0.606. The third kappa shape index (κ3) is 1.50. The lowest BCUT2D eigenvalue weighted by Crippen LogP contribution is -2.12. The van der Waals surface area contributed by atoms with Crippen LogP contribution in [0.15, 0.2) is 0 Å². The van der Waals surface area contributed by atoms with Crippen LogP contribution in [0.25, 0.3) is 0 Å². The smallest absolute Gasteiger partial charge is 0.269 e. The molecule has 0 aliphatic carbocycles. The first kappa shape index (κ1) is 5.56. The Morgan fingerprint density at radius 3 is 3.25 bits per heavy atom. The minimum absolute atomic E-state index is 0.123. The van der Waals surface area contributed by atoms with E-state index in [4.69, 9.17) is 0 Å². The summed E-state index contributed by atoms with van der Waals surface area (Å²) in [4.78, 5) is 15.0. The average Bonchev–Trinajstić information content (AvgIpc) is 1.94. The molecule has 0 spiro atoms. The van der Waals surface area contributed by atoms with E-state index in [0.29, 0.717) is 13.0 Å². The SMILES string of the molecule is O=C1CCCCO[N]1. The van der Waals surface area contributed by atoms with Crippen molar-refractivity contribution in [2.24, 2.45) is 0 Å². The summed E-state index contributed by atoms with van der Waals surface area (Å²) in [6.45, 7) is 0.603. The molecule has 1 aliphatic rings. The summed E-state index contributed by atoms with van der Waals surface area (Å²) >= 11 is 0. The maximum Gasteiger partial charge on any atom is 0.269 e. The molecule has 0 aromatic rings. The Morgan fingerprint density at radius 1 is 1.50 bits per heavy atom. The van der Waals surface area contributed by atoms with E-state index in [1.54, 1.807) is 0 Å². The summed E-state index contributed by atoms with van der Waals surface area (Å²) in [5, 5.41) is 0. The highest BCUT2D eigenvalue weighted by Gasteiger charge is 2.06. The number of hydroxylamine groups is 1. The second kappa shape index (κ2) is 2.67. The highest BCUT2D eigenvalue weighted by atomic mass is 16.6. The second-order valence-electron chi connectivity index (χ2n) is 1.78. The van der Waals surface area contributed by atoms with Crippen LogP contribution >= 0.6 is 0 Å². The molecule has 1 heterocycles. The number of hydrogen-bond donors (Lipinski definition) is 0. The number of nitrogens with zero attached hydrogens (tertiary/aromatic N) is 1. The summed E-state index contributed by atoms with van der Waals surface area (Å²) in [6, 6.07) is 0. The van der Waals surface area contributed by atoms with E-state index in [1.807, 2.05) is 0 Å². The van der Waals surface area contributed by atoms with Gasteiger partial charge >= 0.3 is 0 Å². The van der Waals surface area contributed by atoms with Gasteiger partial charge in [-0.25, -0.2) is 4.84 Å². The van der Waals surface area contributed by atoms with E-state index in [-0.39, 0.29) is 5.91 Å². The van der Waals surface area contributed by atoms with Crippen LogP contribution in [0.4, 0.5) is 0 Å². The van der Waals surface area contributed by atoms with Crippen LogP contribution in [-0.4, -0.2) is 12.5 Å². The van der Waals surface area contributed by atoms with Crippen molar-refractivity contribution in [3.63, 3.8) is 0 Å². The van der Waals surface area contributed by atoms with Gasteiger partial charge in [0.25, 0.3) is 5.91 Å². The Balaban J connectivity index is 2.27. The minimum atomic E-state index is -0.123. The molecule has 8 heavy (non-hydrogen) atoms. The Kier molecular flexibility index (Phi) is 1.86. The number of rotatable bonds is 0. The Labute approximate surface area is 48.0 Å². The van der Waals surface area contributed by atoms with Crippen LogP contribution < -0.4 is 5.48 Å². The third-order valence-electron chi connectivity index (χ3n) is 1.04. The Bertz CT molecular complexity index is 82.4. The predicted octanol–water partition coefficient (Wildman–Crippen LogP) is 0.233. The van der Waals surface area contributed by atoms with E-state index >= 15 is 0 Å². The van der Waals surface area contributed by atoms with Gasteiger partial charge < -0.3 is 0 Å². The maximum absolute atomic E-state index is 10.4. The molecule has 0 saturated carbocycles. The number of hydrogen-bond acceptors (Lipinski definition) is 2. The first-order chi connectivity index (χ1) is 3.89. The first-order valence-corrected chi connectivity index (χ1v) is 2.75. The Hall–Kier alpha value is -0.570. The molecule has 3 heteroatoms. The third-order valence-corrected chi connectivity index (χ3v) is 1.04. The van der Waals surface area contributed by atoms with Gasteiger partial charge in [0, 0.05) is 6.42 Å². The summed E-state index contributed by atoms with van der Waals surface area (Å²) in [7, 11) is 0. The second-order valence-corrected chi connectivity index (χ2v) is 1.78. The van der Waals surface area contributed by atoms with Crippen molar-refractivity contribution < 1.29 is 9.63 Å². The van der Waals surface area contributed by atoms with Gasteiger partial charge in [-0.2, -0.15) is 0 Å². The van der Waals surface area contributed by atoms with Crippen molar-refractivity contribution in [1.82, 2.24) is 5.48 Å². The number of amides is 1. The molecule has 0 atom stereocenters. The molecule has 1 radical (unpaired) electrons. The van der Waals surface area contributed by atoms with Crippen LogP contribution in [0, 0.1) is 0 Å². The van der Waals surface area contributed by atoms with E-state index in [9.17, 15) is 4.79 Å². The van der Waals surface area contributed by atoms with Crippen molar-refractivity contribution in [3.8, 4) is 0 Å². The van der Waals surface area contributed by atoms with Gasteiger partial charge in [0.05, 0.1) is 6.61 Å². The molecule has 0 N–H and O–H groups in total. The lowest BCUT2D eigenvalue weighted by atomic mass is 10.2. The summed E-state index contributed by atoms with van der Waals surface area (Å²) in [5.41, 5.74) is 3.28. The largest absolute Gasteiger partial charge is 0.270 e. The van der Waals surface area contributed by atoms with Crippen molar-refractivity contribution in [2.75, 3.05) is 6.61 Å². The van der Waals surface area contributed by atoms with Gasteiger partial charge in [0.1, 0.15) is 0 Å². The van der Waals surface area contributed by atoms with Crippen LogP contribution in [0.1, 0.15) is 19.3 Å². The highest BCUT2D eigenvalue weighted by molar-refractivity contribution is 5.74. The van der Waals surface area contributed by atoms with Crippen LogP contribution in [0.5, 0.6) is 0 Å². The molecular weight excluding hydrogens is 106 g/mol. The normalized spacial score (nSPS) is 21.8. The standard InChI is InChI=1S/C5H8NO2/c7-5-3-1-2-4-8-6-5/h1-4H2. The number of carbonyl (C=O) groups excluding carboxylic acids is 1. The topological polar surface area (TPSA) is 40.4 Å². The molecule has 0 aromatic heterocycles. The highest BCUT2D eigenvalue weighted by Crippen LogP contribution is 1.99. The van der Waals surface area contributed by atoms with E-state index in [1.165, 1.54) is 0 Å². The molecular formula is C5H8NO2. The Morgan fingerprint density at radius 2 is 2.38 bits per heavy atom. The van der Waals surface area contributed by atoms with Crippen molar-refractivity contribution in [2.45, 2.75) is 19.3 Å².